The molecule has 23 heavy (non-hydrogen) atoms. The van der Waals surface area contributed by atoms with Crippen LogP contribution >= 0.6 is 0 Å². The Morgan fingerprint density at radius 1 is 1.30 bits per heavy atom. The molecule has 0 spiro atoms. The first-order valence-electron chi connectivity index (χ1n) is 8.39. The molecule has 1 aliphatic heterocycles. The number of carbonyl (C=O) groups excluding carboxylic acids is 2. The van der Waals surface area contributed by atoms with Crippen LogP contribution in [0, 0.1) is 11.8 Å². The summed E-state index contributed by atoms with van der Waals surface area (Å²) in [7, 11) is 0. The minimum Gasteiger partial charge on any atom is -0.356 e. The van der Waals surface area contributed by atoms with Crippen LogP contribution < -0.4 is 10.7 Å². The molecule has 1 atom stereocenters. The van der Waals surface area contributed by atoms with E-state index in [1.165, 1.54) is 0 Å². The SMILES string of the molecule is CC1=NNC(=O)C1CCNC(=O)C1CCC(n2cccc2)CC1. The lowest BCUT2D eigenvalue weighted by atomic mass is 9.85. The highest BCUT2D eigenvalue weighted by molar-refractivity contribution is 6.06. The molecule has 1 aromatic rings. The van der Waals surface area contributed by atoms with Gasteiger partial charge in [0.05, 0.1) is 5.92 Å². The molecule has 6 nitrogen and oxygen atoms in total. The Labute approximate surface area is 136 Å². The van der Waals surface area contributed by atoms with Crippen LogP contribution in [0.5, 0.6) is 0 Å². The number of hydrogen-bond acceptors (Lipinski definition) is 3. The highest BCUT2D eigenvalue weighted by Gasteiger charge is 2.28. The summed E-state index contributed by atoms with van der Waals surface area (Å²) in [5.41, 5.74) is 3.28. The van der Waals surface area contributed by atoms with Crippen molar-refractivity contribution in [3.63, 3.8) is 0 Å². The molecule has 0 bridgehead atoms. The summed E-state index contributed by atoms with van der Waals surface area (Å²) in [6.07, 6.45) is 8.76. The van der Waals surface area contributed by atoms with E-state index >= 15 is 0 Å². The van der Waals surface area contributed by atoms with Crippen LogP contribution in [0.15, 0.2) is 29.6 Å². The smallest absolute Gasteiger partial charge is 0.248 e. The Hall–Kier alpha value is -2.11. The summed E-state index contributed by atoms with van der Waals surface area (Å²) in [5, 5.41) is 6.91. The fourth-order valence-electron chi connectivity index (χ4n) is 3.54. The molecular formula is C17H24N4O2. The molecule has 2 N–H and O–H groups in total. The number of hydrazone groups is 1. The van der Waals surface area contributed by atoms with Gasteiger partial charge in [-0.1, -0.05) is 0 Å². The van der Waals surface area contributed by atoms with E-state index in [-0.39, 0.29) is 23.7 Å². The van der Waals surface area contributed by atoms with Gasteiger partial charge in [-0.15, -0.1) is 0 Å². The molecule has 1 saturated carbocycles. The lowest BCUT2D eigenvalue weighted by molar-refractivity contribution is -0.127. The molecule has 1 unspecified atom stereocenters. The average molecular weight is 316 g/mol. The van der Waals surface area contributed by atoms with Gasteiger partial charge in [-0.3, -0.25) is 9.59 Å². The van der Waals surface area contributed by atoms with E-state index in [9.17, 15) is 9.59 Å². The van der Waals surface area contributed by atoms with Crippen LogP contribution in [0.25, 0.3) is 0 Å². The number of carbonyl (C=O) groups is 2. The highest BCUT2D eigenvalue weighted by atomic mass is 16.2. The zero-order valence-electron chi connectivity index (χ0n) is 13.5. The molecule has 1 fully saturated rings. The van der Waals surface area contributed by atoms with Gasteiger partial charge in [0.2, 0.25) is 11.8 Å². The van der Waals surface area contributed by atoms with Crippen LogP contribution in [0.1, 0.15) is 45.1 Å². The molecule has 0 aromatic carbocycles. The Morgan fingerprint density at radius 3 is 2.61 bits per heavy atom. The average Bonchev–Trinajstić information content (AvgIpc) is 3.20. The first-order chi connectivity index (χ1) is 11.1. The fourth-order valence-corrected chi connectivity index (χ4v) is 3.54. The van der Waals surface area contributed by atoms with Crippen molar-refractivity contribution in [2.45, 2.75) is 45.1 Å². The molecule has 1 aromatic heterocycles. The number of nitrogens with zero attached hydrogens (tertiary/aromatic N) is 2. The minimum atomic E-state index is -0.195. The third-order valence-corrected chi connectivity index (χ3v) is 5.01. The van der Waals surface area contributed by atoms with Crippen molar-refractivity contribution in [1.82, 2.24) is 15.3 Å². The second-order valence-corrected chi connectivity index (χ2v) is 6.50. The summed E-state index contributed by atoms with van der Waals surface area (Å²) < 4.78 is 2.24. The Morgan fingerprint density at radius 2 is 2.00 bits per heavy atom. The van der Waals surface area contributed by atoms with Gasteiger partial charge < -0.3 is 9.88 Å². The van der Waals surface area contributed by atoms with E-state index in [1.807, 2.05) is 19.1 Å². The maximum atomic E-state index is 12.3. The third kappa shape index (κ3) is 3.63. The largest absolute Gasteiger partial charge is 0.356 e. The van der Waals surface area contributed by atoms with E-state index in [0.29, 0.717) is 19.0 Å². The van der Waals surface area contributed by atoms with Crippen molar-refractivity contribution in [3.05, 3.63) is 24.5 Å². The topological polar surface area (TPSA) is 75.5 Å². The van der Waals surface area contributed by atoms with Crippen LogP contribution in [0.3, 0.4) is 0 Å². The molecule has 0 radical (unpaired) electrons. The summed E-state index contributed by atoms with van der Waals surface area (Å²) in [6, 6.07) is 4.61. The first-order valence-corrected chi connectivity index (χ1v) is 8.39. The first kappa shape index (κ1) is 15.8. The third-order valence-electron chi connectivity index (χ3n) is 5.01. The standard InChI is InChI=1S/C17H24N4O2/c1-12-15(17(23)20-19-12)8-9-18-16(22)13-4-6-14(7-5-13)21-10-2-3-11-21/h2-3,10-11,13-15H,4-9H2,1H3,(H,18,22)(H,20,23). The van der Waals surface area contributed by atoms with Crippen molar-refractivity contribution in [3.8, 4) is 0 Å². The van der Waals surface area contributed by atoms with E-state index in [4.69, 9.17) is 0 Å². The maximum absolute atomic E-state index is 12.3. The second kappa shape index (κ2) is 6.98. The predicted molar refractivity (Wildman–Crippen MR) is 87.8 cm³/mol. The summed E-state index contributed by atoms with van der Waals surface area (Å²) in [5.74, 6) is -0.0262. The molecular weight excluding hydrogens is 292 g/mol. The number of rotatable bonds is 5. The lowest BCUT2D eigenvalue weighted by Gasteiger charge is -2.29. The molecule has 2 amide bonds. The van der Waals surface area contributed by atoms with Gasteiger partial charge in [-0.05, 0) is 51.2 Å². The van der Waals surface area contributed by atoms with E-state index in [2.05, 4.69) is 32.8 Å². The van der Waals surface area contributed by atoms with Gasteiger partial charge in [0.1, 0.15) is 0 Å². The summed E-state index contributed by atoms with van der Waals surface area (Å²) in [6.45, 7) is 2.37. The minimum absolute atomic E-state index is 0.0658. The number of nitrogens with one attached hydrogen (secondary N) is 2. The molecule has 6 heteroatoms. The Balaban J connectivity index is 1.40. The van der Waals surface area contributed by atoms with E-state index in [1.54, 1.807) is 0 Å². The van der Waals surface area contributed by atoms with Crippen molar-refractivity contribution >= 4 is 17.5 Å². The number of hydrogen-bond donors (Lipinski definition) is 2. The highest BCUT2D eigenvalue weighted by Crippen LogP contribution is 2.32. The van der Waals surface area contributed by atoms with Gasteiger partial charge in [0, 0.05) is 36.6 Å². The quantitative estimate of drug-likeness (QED) is 0.870. The van der Waals surface area contributed by atoms with Crippen LogP contribution in [-0.4, -0.2) is 28.6 Å². The summed E-state index contributed by atoms with van der Waals surface area (Å²) >= 11 is 0. The molecule has 1 aliphatic carbocycles. The van der Waals surface area contributed by atoms with E-state index < -0.39 is 0 Å². The van der Waals surface area contributed by atoms with Crippen LogP contribution in [0.2, 0.25) is 0 Å². The summed E-state index contributed by atoms with van der Waals surface area (Å²) in [4.78, 5) is 23.8. The molecule has 2 heterocycles. The Kier molecular flexibility index (Phi) is 4.79. The zero-order valence-corrected chi connectivity index (χ0v) is 13.5. The molecule has 3 rings (SSSR count). The maximum Gasteiger partial charge on any atom is 0.248 e. The van der Waals surface area contributed by atoms with Gasteiger partial charge in [0.15, 0.2) is 0 Å². The van der Waals surface area contributed by atoms with Crippen molar-refractivity contribution < 1.29 is 9.59 Å². The zero-order chi connectivity index (χ0) is 16.2. The molecule has 2 aliphatic rings. The number of aromatic nitrogens is 1. The van der Waals surface area contributed by atoms with Crippen LogP contribution in [-0.2, 0) is 9.59 Å². The van der Waals surface area contributed by atoms with Gasteiger partial charge in [0.25, 0.3) is 0 Å². The number of amides is 2. The van der Waals surface area contributed by atoms with Gasteiger partial charge in [-0.25, -0.2) is 5.43 Å². The lowest BCUT2D eigenvalue weighted by Crippen LogP contribution is -2.35. The molecule has 124 valence electrons. The monoisotopic (exact) mass is 316 g/mol. The Bertz CT molecular complexity index is 586. The van der Waals surface area contributed by atoms with Crippen molar-refractivity contribution in [2.24, 2.45) is 16.9 Å². The molecule has 0 saturated heterocycles. The van der Waals surface area contributed by atoms with Crippen molar-refractivity contribution in [2.75, 3.05) is 6.54 Å². The predicted octanol–water partition coefficient (Wildman–Crippen LogP) is 1.85. The van der Waals surface area contributed by atoms with E-state index in [0.717, 1.165) is 31.4 Å². The van der Waals surface area contributed by atoms with Gasteiger partial charge in [-0.2, -0.15) is 5.10 Å². The van der Waals surface area contributed by atoms with Crippen LogP contribution in [0.4, 0.5) is 0 Å². The van der Waals surface area contributed by atoms with Gasteiger partial charge >= 0.3 is 0 Å². The second-order valence-electron chi connectivity index (χ2n) is 6.50. The van der Waals surface area contributed by atoms with Crippen molar-refractivity contribution in [1.29, 1.82) is 0 Å². The fraction of sp³-hybridized carbons (Fsp3) is 0.588. The normalized spacial score (nSPS) is 27.4.